The number of likely N-dealkylation sites (N-methyl/N-ethyl adjacent to an activating group) is 1. The van der Waals surface area contributed by atoms with Gasteiger partial charge in [-0.1, -0.05) is 192 Å². The summed E-state index contributed by atoms with van der Waals surface area (Å²) in [6.45, 7) is 4.37. The highest BCUT2D eigenvalue weighted by Gasteiger charge is 2.27. The second-order valence-electron chi connectivity index (χ2n) is 17.5. The van der Waals surface area contributed by atoms with Gasteiger partial charge in [0, 0.05) is 12.8 Å². The molecule has 0 aliphatic rings. The first kappa shape index (κ1) is 56.5. The second kappa shape index (κ2) is 40.9. The monoisotopic (exact) mass is 843 g/mol. The largest absolute Gasteiger partial charge is 0.472 e. The lowest BCUT2D eigenvalue weighted by molar-refractivity contribution is -0.870. The Balaban J connectivity index is 4.35. The smallest absolute Gasteiger partial charge is 0.462 e. The van der Waals surface area contributed by atoms with Gasteiger partial charge in [-0.05, 0) is 38.5 Å². The van der Waals surface area contributed by atoms with Gasteiger partial charge in [-0.2, -0.15) is 0 Å². The third-order valence-electron chi connectivity index (χ3n) is 10.5. The molecule has 0 aromatic carbocycles. The maximum atomic E-state index is 12.7. The molecule has 0 aromatic heterocycles. The molecular weight excluding hydrogens is 750 g/mol. The molecular formula is C48H93NO8P+. The molecule has 9 nitrogen and oxygen atoms in total. The molecule has 0 spiro atoms. The van der Waals surface area contributed by atoms with Gasteiger partial charge < -0.3 is 18.9 Å². The quantitative estimate of drug-likeness (QED) is 0.0212. The molecule has 1 N–H and O–H groups in total. The first-order chi connectivity index (χ1) is 28.0. The SMILES string of the molecule is CCCCCCCCCCCCC/C=C\CCC(=O)OCC(COP(=O)(O)OCC[N+](C)(C)C)OC(=O)CC/C=C\CCCCCCCCCCCCCCCCC. The Morgan fingerprint density at radius 2 is 0.879 bits per heavy atom. The van der Waals surface area contributed by atoms with Crippen molar-refractivity contribution in [2.75, 3.05) is 47.5 Å². The topological polar surface area (TPSA) is 108 Å². The summed E-state index contributed by atoms with van der Waals surface area (Å²) in [4.78, 5) is 35.4. The highest BCUT2D eigenvalue weighted by Crippen LogP contribution is 2.43. The number of unbranched alkanes of at least 4 members (excludes halogenated alkanes) is 26. The van der Waals surface area contributed by atoms with Crippen molar-refractivity contribution in [1.82, 2.24) is 0 Å². The number of hydrogen-bond donors (Lipinski definition) is 1. The van der Waals surface area contributed by atoms with Crippen molar-refractivity contribution < 1.29 is 42.1 Å². The fraction of sp³-hybridized carbons (Fsp3) is 0.875. The fourth-order valence-electron chi connectivity index (χ4n) is 6.70. The van der Waals surface area contributed by atoms with E-state index in [4.69, 9.17) is 18.5 Å². The molecule has 0 saturated carbocycles. The number of esters is 2. The zero-order chi connectivity index (χ0) is 42.8. The van der Waals surface area contributed by atoms with Crippen LogP contribution < -0.4 is 0 Å². The van der Waals surface area contributed by atoms with Gasteiger partial charge in [0.1, 0.15) is 19.8 Å². The van der Waals surface area contributed by atoms with E-state index in [9.17, 15) is 19.0 Å². The van der Waals surface area contributed by atoms with E-state index in [0.717, 1.165) is 25.7 Å². The Bertz CT molecular complexity index is 1040. The van der Waals surface area contributed by atoms with E-state index in [2.05, 4.69) is 26.0 Å². The Hall–Kier alpha value is -1.51. The molecule has 0 bridgehead atoms. The number of allylic oxidation sites excluding steroid dienone is 4. The molecule has 0 fully saturated rings. The average Bonchev–Trinajstić information content (AvgIpc) is 3.17. The van der Waals surface area contributed by atoms with E-state index in [0.29, 0.717) is 23.9 Å². The molecule has 342 valence electrons. The molecule has 58 heavy (non-hydrogen) atoms. The number of carbonyl (C=O) groups excluding carboxylic acids is 2. The van der Waals surface area contributed by atoms with Crippen LogP contribution in [0.3, 0.4) is 0 Å². The van der Waals surface area contributed by atoms with Crippen molar-refractivity contribution >= 4 is 19.8 Å². The number of phosphoric acid groups is 1. The molecule has 0 saturated heterocycles. The van der Waals surface area contributed by atoms with Gasteiger partial charge in [0.25, 0.3) is 0 Å². The zero-order valence-corrected chi connectivity index (χ0v) is 39.4. The minimum absolute atomic E-state index is 0.0230. The molecule has 10 heteroatoms. The van der Waals surface area contributed by atoms with Crippen LogP contribution in [0.4, 0.5) is 0 Å². The molecule has 0 radical (unpaired) electrons. The maximum Gasteiger partial charge on any atom is 0.472 e. The summed E-state index contributed by atoms with van der Waals surface area (Å²) in [7, 11) is 1.45. The van der Waals surface area contributed by atoms with Gasteiger partial charge in [0.15, 0.2) is 6.10 Å². The summed E-state index contributed by atoms with van der Waals surface area (Å²) in [5.41, 5.74) is 0. The van der Waals surface area contributed by atoms with Crippen LogP contribution in [-0.4, -0.2) is 74.9 Å². The summed E-state index contributed by atoms with van der Waals surface area (Å²) in [5, 5.41) is 0. The first-order valence-electron chi connectivity index (χ1n) is 24.1. The normalized spacial score (nSPS) is 13.7. The summed E-state index contributed by atoms with van der Waals surface area (Å²) < 4.78 is 34.3. The summed E-state index contributed by atoms with van der Waals surface area (Å²) >= 11 is 0. The Morgan fingerprint density at radius 3 is 1.28 bits per heavy atom. The minimum atomic E-state index is -4.39. The highest BCUT2D eigenvalue weighted by molar-refractivity contribution is 7.47. The van der Waals surface area contributed by atoms with Crippen LogP contribution in [0.5, 0.6) is 0 Å². The third-order valence-corrected chi connectivity index (χ3v) is 11.5. The van der Waals surface area contributed by atoms with Crippen molar-refractivity contribution in [3.8, 4) is 0 Å². The van der Waals surface area contributed by atoms with Crippen molar-refractivity contribution in [2.45, 2.75) is 225 Å². The van der Waals surface area contributed by atoms with Crippen LogP contribution in [0.25, 0.3) is 0 Å². The molecule has 0 aromatic rings. The van der Waals surface area contributed by atoms with Crippen LogP contribution in [0.1, 0.15) is 219 Å². The van der Waals surface area contributed by atoms with Crippen LogP contribution in [0.2, 0.25) is 0 Å². The molecule has 2 atom stereocenters. The van der Waals surface area contributed by atoms with Crippen molar-refractivity contribution in [2.24, 2.45) is 0 Å². The molecule has 0 aliphatic carbocycles. The van der Waals surface area contributed by atoms with Crippen LogP contribution in [0, 0.1) is 0 Å². The highest BCUT2D eigenvalue weighted by atomic mass is 31.2. The van der Waals surface area contributed by atoms with Gasteiger partial charge in [0.2, 0.25) is 0 Å². The van der Waals surface area contributed by atoms with E-state index in [1.165, 1.54) is 154 Å². The molecule has 0 rings (SSSR count). The first-order valence-corrected chi connectivity index (χ1v) is 25.6. The molecule has 0 amide bonds. The second-order valence-corrected chi connectivity index (χ2v) is 18.9. The standard InChI is InChI=1S/C48H92NO8P/c1-6-8-10-12-14-16-18-20-22-23-24-25-27-29-31-33-35-37-39-41-48(51)57-46(45-56-58(52,53)55-43-42-49(3,4)5)44-54-47(50)40-38-36-34-32-30-28-26-21-19-17-15-13-11-9-7-2/h34-37,46H,6-33,38-45H2,1-5H3/p+1/b36-34-,37-35-. The van der Waals surface area contributed by atoms with Crippen LogP contribution in [0.15, 0.2) is 24.3 Å². The van der Waals surface area contributed by atoms with Crippen LogP contribution >= 0.6 is 7.82 Å². The number of carbonyl (C=O) groups is 2. The van der Waals surface area contributed by atoms with E-state index in [1.807, 2.05) is 33.3 Å². The number of hydrogen-bond acceptors (Lipinski definition) is 7. The summed E-state index contributed by atoms with van der Waals surface area (Å²) in [6, 6.07) is 0. The van der Waals surface area contributed by atoms with Crippen molar-refractivity contribution in [3.05, 3.63) is 24.3 Å². The van der Waals surface area contributed by atoms with E-state index in [-0.39, 0.29) is 26.1 Å². The van der Waals surface area contributed by atoms with Gasteiger partial charge in [-0.25, -0.2) is 4.57 Å². The van der Waals surface area contributed by atoms with Crippen LogP contribution in [-0.2, 0) is 32.7 Å². The van der Waals surface area contributed by atoms with E-state index < -0.39 is 32.5 Å². The Morgan fingerprint density at radius 1 is 0.517 bits per heavy atom. The summed E-state index contributed by atoms with van der Waals surface area (Å²) in [5.74, 6) is -0.904. The lowest BCUT2D eigenvalue weighted by atomic mass is 10.0. The molecule has 2 unspecified atom stereocenters. The predicted octanol–water partition coefficient (Wildman–Crippen LogP) is 13.9. The van der Waals surface area contributed by atoms with Gasteiger partial charge in [0.05, 0.1) is 27.7 Å². The van der Waals surface area contributed by atoms with Gasteiger partial charge in [-0.15, -0.1) is 0 Å². The van der Waals surface area contributed by atoms with Crippen molar-refractivity contribution in [3.63, 3.8) is 0 Å². The number of nitrogens with zero attached hydrogens (tertiary/aromatic N) is 1. The number of quaternary nitrogens is 1. The Kier molecular flexibility index (Phi) is 39.8. The number of rotatable bonds is 44. The predicted molar refractivity (Wildman–Crippen MR) is 243 cm³/mol. The Labute approximate surface area is 358 Å². The van der Waals surface area contributed by atoms with E-state index in [1.54, 1.807) is 0 Å². The average molecular weight is 843 g/mol. The number of phosphoric ester groups is 1. The van der Waals surface area contributed by atoms with Gasteiger partial charge >= 0.3 is 19.8 Å². The maximum absolute atomic E-state index is 12.7. The molecule has 0 aliphatic heterocycles. The lowest BCUT2D eigenvalue weighted by Gasteiger charge is -2.24. The van der Waals surface area contributed by atoms with E-state index >= 15 is 0 Å². The summed E-state index contributed by atoms with van der Waals surface area (Å²) in [6.07, 6.45) is 45.4. The minimum Gasteiger partial charge on any atom is -0.462 e. The number of ether oxygens (including phenoxy) is 2. The zero-order valence-electron chi connectivity index (χ0n) is 38.5. The van der Waals surface area contributed by atoms with Crippen molar-refractivity contribution in [1.29, 1.82) is 0 Å². The molecule has 0 heterocycles. The third kappa shape index (κ3) is 44.1. The fourth-order valence-corrected chi connectivity index (χ4v) is 7.44. The lowest BCUT2D eigenvalue weighted by Crippen LogP contribution is -2.37. The van der Waals surface area contributed by atoms with Gasteiger partial charge in [-0.3, -0.25) is 18.6 Å².